The van der Waals surface area contributed by atoms with Crippen LogP contribution in [0.1, 0.15) is 22.1 Å². The molecular weight excluding hydrogens is 312 g/mol. The molecule has 2 aromatic rings. The fourth-order valence-corrected chi connectivity index (χ4v) is 2.69. The number of amides is 1. The third kappa shape index (κ3) is 3.63. The molecule has 0 saturated heterocycles. The zero-order valence-corrected chi connectivity index (χ0v) is 14.1. The van der Waals surface area contributed by atoms with Gasteiger partial charge >= 0.3 is 0 Å². The van der Waals surface area contributed by atoms with Crippen molar-refractivity contribution in [2.24, 2.45) is 0 Å². The second-order valence-corrected chi connectivity index (χ2v) is 5.68. The maximum absolute atomic E-state index is 12.4. The molecule has 0 saturated carbocycles. The van der Waals surface area contributed by atoms with Crippen LogP contribution in [-0.2, 0) is 0 Å². The van der Waals surface area contributed by atoms with Gasteiger partial charge in [-0.1, -0.05) is 18.2 Å². The minimum atomic E-state index is -0.184. The first-order valence-electron chi connectivity index (χ1n) is 7.38. The van der Waals surface area contributed by atoms with Crippen LogP contribution in [0, 0.1) is 0 Å². The maximum atomic E-state index is 12.4. The molecule has 5 nitrogen and oxygen atoms in total. The Morgan fingerprint density at radius 3 is 2.70 bits per heavy atom. The van der Waals surface area contributed by atoms with Crippen molar-refractivity contribution in [2.75, 3.05) is 32.1 Å². The first-order chi connectivity index (χ1) is 10.7. The molecule has 6 heteroatoms. The number of rotatable bonds is 4. The highest BCUT2D eigenvalue weighted by molar-refractivity contribution is 6.02. The highest BCUT2D eigenvalue weighted by atomic mass is 35.5. The van der Waals surface area contributed by atoms with Gasteiger partial charge in [0.1, 0.15) is 6.17 Å². The number of para-hydroxylation sites is 1. The summed E-state index contributed by atoms with van der Waals surface area (Å²) in [5.74, 6) is -0.0365. The van der Waals surface area contributed by atoms with Crippen molar-refractivity contribution >= 4 is 24.0 Å². The monoisotopic (exact) mass is 332 g/mol. The minimum absolute atomic E-state index is 0. The molecule has 1 unspecified atom stereocenters. The Labute approximate surface area is 142 Å². The molecule has 1 N–H and O–H groups in total. The predicted molar refractivity (Wildman–Crippen MR) is 94.0 cm³/mol. The number of nitrogens with zero attached hydrogens (tertiary/aromatic N) is 3. The smallest absolute Gasteiger partial charge is 0.255 e. The van der Waals surface area contributed by atoms with E-state index in [1.165, 1.54) is 0 Å². The van der Waals surface area contributed by atoms with Gasteiger partial charge in [0.15, 0.2) is 0 Å². The van der Waals surface area contributed by atoms with E-state index in [1.807, 2.05) is 56.7 Å². The largest absolute Gasteiger partial charge is 0.345 e. The topological polar surface area (TPSA) is 48.5 Å². The molecule has 122 valence electrons. The van der Waals surface area contributed by atoms with Crippen molar-refractivity contribution in [3.8, 4) is 0 Å². The van der Waals surface area contributed by atoms with Crippen LogP contribution in [0.4, 0.5) is 5.69 Å². The third-order valence-corrected chi connectivity index (χ3v) is 3.83. The Kier molecular flexibility index (Phi) is 5.58. The van der Waals surface area contributed by atoms with E-state index in [0.29, 0.717) is 0 Å². The Bertz CT molecular complexity index is 663. The normalized spacial score (nSPS) is 16.6. The number of aromatic nitrogens is 1. The second kappa shape index (κ2) is 7.44. The molecule has 2 heterocycles. The molecule has 3 rings (SSSR count). The van der Waals surface area contributed by atoms with Crippen molar-refractivity contribution in [1.82, 2.24) is 15.2 Å². The van der Waals surface area contributed by atoms with Gasteiger partial charge in [0, 0.05) is 31.0 Å². The van der Waals surface area contributed by atoms with E-state index in [-0.39, 0.29) is 24.5 Å². The van der Waals surface area contributed by atoms with Gasteiger partial charge in [0.25, 0.3) is 5.91 Å². The van der Waals surface area contributed by atoms with Crippen LogP contribution >= 0.6 is 12.4 Å². The van der Waals surface area contributed by atoms with Crippen LogP contribution < -0.4 is 10.2 Å². The summed E-state index contributed by atoms with van der Waals surface area (Å²) in [5.41, 5.74) is 2.69. The van der Waals surface area contributed by atoms with E-state index in [1.54, 1.807) is 6.20 Å². The summed E-state index contributed by atoms with van der Waals surface area (Å²) >= 11 is 0. The number of pyridine rings is 1. The van der Waals surface area contributed by atoms with Crippen molar-refractivity contribution < 1.29 is 4.79 Å². The highest BCUT2D eigenvalue weighted by Crippen LogP contribution is 2.32. The molecule has 1 aromatic heterocycles. The lowest BCUT2D eigenvalue weighted by atomic mass is 10.0. The van der Waals surface area contributed by atoms with E-state index in [0.717, 1.165) is 29.9 Å². The number of benzene rings is 1. The number of anilines is 1. The summed E-state index contributed by atoms with van der Waals surface area (Å²) in [4.78, 5) is 20.9. The molecule has 0 fully saturated rings. The van der Waals surface area contributed by atoms with Crippen molar-refractivity contribution in [1.29, 1.82) is 0 Å². The van der Waals surface area contributed by atoms with E-state index < -0.39 is 0 Å². The minimum Gasteiger partial charge on any atom is -0.345 e. The van der Waals surface area contributed by atoms with Gasteiger partial charge in [-0.25, -0.2) is 0 Å². The Morgan fingerprint density at radius 2 is 2.00 bits per heavy atom. The van der Waals surface area contributed by atoms with Gasteiger partial charge < -0.3 is 15.1 Å². The Hall–Kier alpha value is -2.11. The number of carbonyl (C=O) groups is 1. The van der Waals surface area contributed by atoms with E-state index in [9.17, 15) is 4.79 Å². The van der Waals surface area contributed by atoms with Crippen LogP contribution in [0.25, 0.3) is 0 Å². The summed E-state index contributed by atoms with van der Waals surface area (Å²) in [7, 11) is 4.10. The van der Waals surface area contributed by atoms with Gasteiger partial charge in [-0.15, -0.1) is 12.4 Å². The number of hydrogen-bond acceptors (Lipinski definition) is 4. The molecule has 0 bridgehead atoms. The molecule has 1 atom stereocenters. The summed E-state index contributed by atoms with van der Waals surface area (Å²) in [5, 5.41) is 3.09. The lowest BCUT2D eigenvalue weighted by Crippen LogP contribution is -2.48. The predicted octanol–water partition coefficient (Wildman–Crippen LogP) is 2.31. The Morgan fingerprint density at radius 1 is 1.22 bits per heavy atom. The van der Waals surface area contributed by atoms with E-state index >= 15 is 0 Å². The Balaban J connectivity index is 0.00000192. The second-order valence-electron chi connectivity index (χ2n) is 5.68. The average molecular weight is 333 g/mol. The van der Waals surface area contributed by atoms with Gasteiger partial charge in [0.05, 0.1) is 11.3 Å². The van der Waals surface area contributed by atoms with E-state index in [2.05, 4.69) is 20.1 Å². The lowest BCUT2D eigenvalue weighted by Gasteiger charge is -2.39. The van der Waals surface area contributed by atoms with Crippen LogP contribution in [-0.4, -0.2) is 43.0 Å². The molecule has 0 spiro atoms. The molecule has 1 aliphatic heterocycles. The summed E-state index contributed by atoms with van der Waals surface area (Å²) in [6.45, 7) is 1.73. The molecule has 1 amide bonds. The first-order valence-corrected chi connectivity index (χ1v) is 7.38. The first kappa shape index (κ1) is 17.2. The molecular formula is C17H21ClN4O. The van der Waals surface area contributed by atoms with Crippen LogP contribution in [0.3, 0.4) is 0 Å². The number of likely N-dealkylation sites (N-methyl/N-ethyl adjacent to an activating group) is 1. The average Bonchev–Trinajstić information content (AvgIpc) is 2.54. The summed E-state index contributed by atoms with van der Waals surface area (Å²) in [6.07, 6.45) is 3.37. The molecule has 0 radical (unpaired) electrons. The molecule has 0 aliphatic carbocycles. The fraction of sp³-hybridized carbons (Fsp3) is 0.294. The third-order valence-electron chi connectivity index (χ3n) is 3.83. The fourth-order valence-electron chi connectivity index (χ4n) is 2.69. The maximum Gasteiger partial charge on any atom is 0.255 e. The molecule has 23 heavy (non-hydrogen) atoms. The van der Waals surface area contributed by atoms with Crippen molar-refractivity contribution in [2.45, 2.75) is 6.17 Å². The van der Waals surface area contributed by atoms with Crippen LogP contribution in [0.2, 0.25) is 0 Å². The van der Waals surface area contributed by atoms with Gasteiger partial charge in [-0.2, -0.15) is 0 Å². The number of fused-ring (bicyclic) bond motifs is 1. The number of halogens is 1. The van der Waals surface area contributed by atoms with Gasteiger partial charge in [0.2, 0.25) is 0 Å². The van der Waals surface area contributed by atoms with Crippen molar-refractivity contribution in [3.05, 3.63) is 59.9 Å². The van der Waals surface area contributed by atoms with Gasteiger partial charge in [-0.05, 0) is 32.3 Å². The zero-order chi connectivity index (χ0) is 15.5. The highest BCUT2D eigenvalue weighted by Gasteiger charge is 2.31. The zero-order valence-electron chi connectivity index (χ0n) is 13.3. The standard InChI is InChI=1S/C17H20N4O.ClH/c1-20(2)10-11-21-15-8-4-3-7-14(15)17(22)19-16(21)13-6-5-9-18-12-13;/h3-9,12,16H,10-11H2,1-2H3,(H,19,22);1H. The molecule has 1 aliphatic rings. The number of carbonyl (C=O) groups excluding carboxylic acids is 1. The SMILES string of the molecule is CN(C)CCN1c2ccccc2C(=O)NC1c1cccnc1.Cl. The lowest BCUT2D eigenvalue weighted by molar-refractivity contribution is 0.0926. The number of nitrogens with one attached hydrogen (secondary N) is 1. The van der Waals surface area contributed by atoms with E-state index in [4.69, 9.17) is 0 Å². The summed E-state index contributed by atoms with van der Waals surface area (Å²) < 4.78 is 0. The summed E-state index contributed by atoms with van der Waals surface area (Å²) in [6, 6.07) is 11.6. The van der Waals surface area contributed by atoms with Crippen molar-refractivity contribution in [3.63, 3.8) is 0 Å². The van der Waals surface area contributed by atoms with Gasteiger partial charge in [-0.3, -0.25) is 9.78 Å². The quantitative estimate of drug-likeness (QED) is 0.933. The van der Waals surface area contributed by atoms with Crippen LogP contribution in [0.15, 0.2) is 48.8 Å². The number of hydrogen-bond donors (Lipinski definition) is 1. The van der Waals surface area contributed by atoms with Crippen LogP contribution in [0.5, 0.6) is 0 Å². The molecule has 1 aromatic carbocycles.